The number of aliphatic carboxylic acids is 1. The smallest absolute Gasteiger partial charge is 0.305 e. The fourth-order valence-electron chi connectivity index (χ4n) is 9.03. The first kappa shape index (κ1) is 63.9. The van der Waals surface area contributed by atoms with Gasteiger partial charge in [0.05, 0.1) is 25.9 Å². The lowest BCUT2D eigenvalue weighted by Crippen LogP contribution is -2.60. The van der Waals surface area contributed by atoms with Crippen LogP contribution in [0.1, 0.15) is 141 Å². The highest BCUT2D eigenvalue weighted by atomic mass is 16.4. The summed E-state index contributed by atoms with van der Waals surface area (Å²) in [6, 6.07) is -7.69. The van der Waals surface area contributed by atoms with Crippen LogP contribution in [0.4, 0.5) is 0 Å². The first-order valence-electron chi connectivity index (χ1n) is 26.4. The molecule has 77 heavy (non-hydrogen) atoms. The minimum absolute atomic E-state index is 0.00402. The zero-order chi connectivity index (χ0) is 57.2. The zero-order valence-corrected chi connectivity index (χ0v) is 44.0. The summed E-state index contributed by atoms with van der Waals surface area (Å²) in [5, 5.41) is 47.0. The lowest BCUT2D eigenvalue weighted by Gasteiger charge is -2.31. The van der Waals surface area contributed by atoms with E-state index in [-0.39, 0.29) is 38.0 Å². The van der Waals surface area contributed by atoms with Crippen LogP contribution in [0.3, 0.4) is 0 Å². The number of hydrogen-bond donors (Lipinski definition) is 13. The number of phenolic OH excluding ortho intramolecular Hbond substituents is 1. The second kappa shape index (κ2) is 32.9. The van der Waals surface area contributed by atoms with Gasteiger partial charge >= 0.3 is 5.97 Å². The molecule has 9 atom stereocenters. The number of carbonyl (C=O) groups excluding carboxylic acids is 11. The number of rotatable bonds is 24. The topological polar surface area (TPSA) is 431 Å². The number of phenols is 1. The Kier molecular flexibility index (Phi) is 27.3. The molecule has 0 saturated carbocycles. The Hall–Kier alpha value is -7.38. The van der Waals surface area contributed by atoms with Gasteiger partial charge in [0.2, 0.25) is 65.0 Å². The third-order valence-corrected chi connectivity index (χ3v) is 13.5. The van der Waals surface area contributed by atoms with Crippen LogP contribution in [0, 0.1) is 5.92 Å². The molecule has 3 rings (SSSR count). The van der Waals surface area contributed by atoms with Gasteiger partial charge < -0.3 is 74.6 Å². The predicted molar refractivity (Wildman–Crippen MR) is 276 cm³/mol. The highest BCUT2D eigenvalue weighted by molar-refractivity contribution is 6.00. The number of nitrogens with one attached hydrogen (secondary N) is 7. The number of carboxylic acids is 1. The summed E-state index contributed by atoms with van der Waals surface area (Å²) in [6.07, 6.45) is 5.34. The first-order chi connectivity index (χ1) is 36.5. The number of aromatic hydroxyl groups is 1. The van der Waals surface area contributed by atoms with E-state index in [4.69, 9.17) is 17.2 Å². The maximum atomic E-state index is 14.3. The van der Waals surface area contributed by atoms with E-state index in [1.807, 2.05) is 0 Å². The standard InChI is InChI=1S/C51H79N11O15/c1-3-29(2)13-10-8-6-4-5-7-9-11-14-31-24-43(68)56-37(27-44(69)70)48(74)58-34(23-30-16-18-32(64)19-17-30)45(71)59-35(25-41(53)66)46(72)57-33(20-21-40(52)65)51(77)62-22-12-15-39(62)50(76)60-36(26-42(54)67)47(73)61-38(28-63)49(75)55-31/h16-19,29,31,33-39,63-64H,3-15,20-28H2,1-2H3,(H2,52,65)(H2,53,66)(H2,54,67)(H,55,75)(H,56,68)(H,57,72)(H,58,74)(H,59,71)(H,60,76)(H,61,73)(H,69,70)/t29-,31-,33-,34-,35-,36-,37-,38-,39-/m0/s1. The van der Waals surface area contributed by atoms with E-state index in [1.54, 1.807) is 0 Å². The average molecular weight is 1090 g/mol. The van der Waals surface area contributed by atoms with E-state index < -0.39 is 164 Å². The van der Waals surface area contributed by atoms with Gasteiger partial charge in [-0.1, -0.05) is 90.2 Å². The fraction of sp³-hybridized carbons (Fsp3) is 0.647. The molecule has 2 heterocycles. The number of aliphatic hydroxyl groups excluding tert-OH is 1. The van der Waals surface area contributed by atoms with Crippen molar-refractivity contribution < 1.29 is 72.9 Å². The zero-order valence-electron chi connectivity index (χ0n) is 44.0. The Morgan fingerprint density at radius 3 is 1.65 bits per heavy atom. The van der Waals surface area contributed by atoms with Crippen molar-refractivity contribution in [3.8, 4) is 5.75 Å². The normalized spacial score (nSPS) is 24.0. The average Bonchev–Trinajstić information content (AvgIpc) is 3.86. The van der Waals surface area contributed by atoms with Gasteiger partial charge in [0.15, 0.2) is 0 Å². The Morgan fingerprint density at radius 1 is 0.610 bits per heavy atom. The van der Waals surface area contributed by atoms with Crippen molar-refractivity contribution in [2.45, 2.75) is 191 Å². The lowest BCUT2D eigenvalue weighted by atomic mass is 9.99. The SMILES string of the molecule is CC[C@H](C)CCCCCCCCCC[C@H]1CC(=O)N[C@@H](CC(=O)O)C(=O)N[C@@H](Cc2ccc(O)cc2)C(=O)N[C@@H](CC(N)=O)C(=O)N[C@@H](CCC(N)=O)C(=O)N2CCC[C@H]2C(=O)N[C@@H](CC(N)=O)C(=O)N[C@@H](CO)C(=O)N1. The van der Waals surface area contributed by atoms with E-state index in [0.29, 0.717) is 24.3 Å². The van der Waals surface area contributed by atoms with Crippen LogP contribution in [0.2, 0.25) is 0 Å². The van der Waals surface area contributed by atoms with Gasteiger partial charge in [0, 0.05) is 31.8 Å². The van der Waals surface area contributed by atoms with Gasteiger partial charge in [0.25, 0.3) is 0 Å². The molecule has 2 aliphatic heterocycles. The minimum atomic E-state index is -1.88. The van der Waals surface area contributed by atoms with Gasteiger partial charge in [-0.15, -0.1) is 0 Å². The highest BCUT2D eigenvalue weighted by Crippen LogP contribution is 2.21. The molecule has 2 fully saturated rings. The van der Waals surface area contributed by atoms with Gasteiger partial charge in [0.1, 0.15) is 48.0 Å². The predicted octanol–water partition coefficient (Wildman–Crippen LogP) is -1.85. The largest absolute Gasteiger partial charge is 0.508 e. The molecule has 0 spiro atoms. The fourth-order valence-corrected chi connectivity index (χ4v) is 9.03. The van der Waals surface area contributed by atoms with Crippen LogP contribution in [-0.2, 0) is 64.0 Å². The molecule has 26 heteroatoms. The lowest BCUT2D eigenvalue weighted by molar-refractivity contribution is -0.143. The van der Waals surface area contributed by atoms with Crippen molar-refractivity contribution in [3.63, 3.8) is 0 Å². The summed E-state index contributed by atoms with van der Waals surface area (Å²) in [4.78, 5) is 162. The Bertz CT molecular complexity index is 2230. The quantitative estimate of drug-likeness (QED) is 0.0506. The van der Waals surface area contributed by atoms with Crippen LogP contribution < -0.4 is 54.4 Å². The molecule has 0 bridgehead atoms. The Balaban J connectivity index is 2.09. The number of aliphatic hydroxyl groups is 1. The van der Waals surface area contributed by atoms with Crippen LogP contribution >= 0.6 is 0 Å². The summed E-state index contributed by atoms with van der Waals surface area (Å²) in [5.41, 5.74) is 16.6. The molecule has 26 nitrogen and oxygen atoms in total. The van der Waals surface area contributed by atoms with Crippen molar-refractivity contribution in [1.82, 2.24) is 42.1 Å². The maximum Gasteiger partial charge on any atom is 0.305 e. The molecule has 428 valence electrons. The van der Waals surface area contributed by atoms with Crippen LogP contribution in [0.5, 0.6) is 5.75 Å². The summed E-state index contributed by atoms with van der Waals surface area (Å²) in [7, 11) is 0. The number of primary amides is 3. The van der Waals surface area contributed by atoms with Crippen LogP contribution in [0.15, 0.2) is 24.3 Å². The van der Waals surface area contributed by atoms with E-state index in [2.05, 4.69) is 51.1 Å². The number of hydrogen-bond acceptors (Lipinski definition) is 14. The Labute approximate surface area is 447 Å². The minimum Gasteiger partial charge on any atom is -0.508 e. The molecule has 0 aliphatic carbocycles. The summed E-state index contributed by atoms with van der Waals surface area (Å²) in [6.45, 7) is 3.29. The molecule has 16 N–H and O–H groups in total. The van der Waals surface area contributed by atoms with E-state index in [0.717, 1.165) is 49.8 Å². The van der Waals surface area contributed by atoms with Crippen molar-refractivity contribution in [3.05, 3.63) is 29.8 Å². The molecule has 1 aromatic rings. The van der Waals surface area contributed by atoms with Crippen LogP contribution in [0.25, 0.3) is 0 Å². The number of carbonyl (C=O) groups is 12. The van der Waals surface area contributed by atoms with Crippen molar-refractivity contribution >= 4 is 70.9 Å². The van der Waals surface area contributed by atoms with E-state index in [1.165, 1.54) is 30.7 Å². The number of unbranched alkanes of at least 4 members (excludes halogenated alkanes) is 7. The second-order valence-electron chi connectivity index (χ2n) is 19.9. The van der Waals surface area contributed by atoms with Gasteiger partial charge in [-0.25, -0.2) is 0 Å². The van der Waals surface area contributed by atoms with Crippen molar-refractivity contribution in [1.29, 1.82) is 0 Å². The monoisotopic (exact) mass is 1090 g/mol. The second-order valence-corrected chi connectivity index (χ2v) is 19.9. The van der Waals surface area contributed by atoms with E-state index >= 15 is 0 Å². The molecular formula is C51H79N11O15. The molecular weight excluding hydrogens is 1010 g/mol. The number of fused-ring (bicyclic) bond motifs is 1. The summed E-state index contributed by atoms with van der Waals surface area (Å²) >= 11 is 0. The molecule has 0 radical (unpaired) electrons. The van der Waals surface area contributed by atoms with E-state index in [9.17, 15) is 72.9 Å². The van der Waals surface area contributed by atoms with Gasteiger partial charge in [-0.05, 0) is 49.3 Å². The number of nitrogens with two attached hydrogens (primary N) is 3. The van der Waals surface area contributed by atoms with Gasteiger partial charge in [-0.3, -0.25) is 57.5 Å². The molecule has 2 aliphatic rings. The highest BCUT2D eigenvalue weighted by Gasteiger charge is 2.41. The summed E-state index contributed by atoms with van der Waals surface area (Å²) in [5.74, 6) is -12.7. The number of amides is 11. The van der Waals surface area contributed by atoms with Crippen LogP contribution in [-0.4, -0.2) is 153 Å². The Morgan fingerprint density at radius 2 is 1.10 bits per heavy atom. The molecule has 0 aromatic heterocycles. The van der Waals surface area contributed by atoms with Crippen molar-refractivity contribution in [2.24, 2.45) is 23.1 Å². The summed E-state index contributed by atoms with van der Waals surface area (Å²) < 4.78 is 0. The molecule has 11 amide bonds. The maximum absolute atomic E-state index is 14.3. The number of nitrogens with zero attached hydrogens (tertiary/aromatic N) is 1. The third-order valence-electron chi connectivity index (χ3n) is 13.5. The van der Waals surface area contributed by atoms with Gasteiger partial charge in [-0.2, -0.15) is 0 Å². The molecule has 0 unspecified atom stereocenters. The van der Waals surface area contributed by atoms with Crippen molar-refractivity contribution in [2.75, 3.05) is 13.2 Å². The third kappa shape index (κ3) is 23.2. The first-order valence-corrected chi connectivity index (χ1v) is 26.4. The number of benzene rings is 1. The molecule has 2 saturated heterocycles. The molecule has 1 aromatic carbocycles. The number of carboxylic acid groups (broad SMARTS) is 1.